The minimum absolute atomic E-state index is 0. The molecule has 0 aliphatic carbocycles. The predicted octanol–water partition coefficient (Wildman–Crippen LogP) is 4.76. The molecule has 2 heterocycles. The molecule has 7 heteroatoms. The number of hydrogen-bond acceptors (Lipinski definition) is 4. The van der Waals surface area contributed by atoms with Gasteiger partial charge in [-0.3, -0.25) is 9.89 Å². The minimum Gasteiger partial charge on any atom is -0.359 e. The van der Waals surface area contributed by atoms with Crippen molar-refractivity contribution in [3.63, 3.8) is 0 Å². The lowest BCUT2D eigenvalue weighted by atomic mass is 9.91. The number of nitrogens with one attached hydrogen (secondary N) is 2. The Bertz CT molecular complexity index is 825. The smallest absolute Gasteiger partial charge is 0.191 e. The second-order valence-electron chi connectivity index (χ2n) is 9.06. The van der Waals surface area contributed by atoms with E-state index in [2.05, 4.69) is 77.6 Å². The Morgan fingerprint density at radius 2 is 1.77 bits per heavy atom. The highest BCUT2D eigenvalue weighted by molar-refractivity contribution is 14.0. The third-order valence-corrected chi connectivity index (χ3v) is 5.73. The third kappa shape index (κ3) is 7.79. The van der Waals surface area contributed by atoms with Crippen LogP contribution in [0.15, 0.2) is 39.8 Å². The topological polar surface area (TPSA) is 65.7 Å². The first-order valence-electron chi connectivity index (χ1n) is 11.1. The van der Waals surface area contributed by atoms with Crippen LogP contribution < -0.4 is 10.6 Å². The zero-order valence-electron chi connectivity index (χ0n) is 19.5. The van der Waals surface area contributed by atoms with Crippen LogP contribution in [0.5, 0.6) is 0 Å². The fourth-order valence-corrected chi connectivity index (χ4v) is 4.30. The number of rotatable bonds is 7. The summed E-state index contributed by atoms with van der Waals surface area (Å²) < 4.78 is 5.40. The average molecular weight is 540 g/mol. The van der Waals surface area contributed by atoms with Crippen molar-refractivity contribution in [1.82, 2.24) is 20.7 Å². The molecule has 2 aromatic rings. The van der Waals surface area contributed by atoms with Crippen LogP contribution in [0.4, 0.5) is 0 Å². The van der Waals surface area contributed by atoms with Crippen molar-refractivity contribution in [3.8, 4) is 0 Å². The van der Waals surface area contributed by atoms with Gasteiger partial charge in [-0.15, -0.1) is 24.0 Å². The number of hydrogen-bond donors (Lipinski definition) is 2. The van der Waals surface area contributed by atoms with E-state index < -0.39 is 0 Å². The molecule has 2 N–H and O–H groups in total. The number of likely N-dealkylation sites (tertiary alicyclic amines) is 1. The summed E-state index contributed by atoms with van der Waals surface area (Å²) in [6.45, 7) is 13.6. The van der Waals surface area contributed by atoms with E-state index in [0.717, 1.165) is 42.3 Å². The summed E-state index contributed by atoms with van der Waals surface area (Å²) in [6, 6.07) is 10.7. The molecule has 1 saturated heterocycles. The summed E-state index contributed by atoms with van der Waals surface area (Å²) in [7, 11) is 1.79. The monoisotopic (exact) mass is 539 g/mol. The molecule has 1 aromatic heterocycles. The minimum atomic E-state index is 0. The quantitative estimate of drug-likeness (QED) is 0.302. The highest BCUT2D eigenvalue weighted by Crippen LogP contribution is 2.23. The van der Waals surface area contributed by atoms with Crippen molar-refractivity contribution < 1.29 is 4.52 Å². The van der Waals surface area contributed by atoms with Crippen LogP contribution >= 0.6 is 24.0 Å². The number of nitrogens with zero attached hydrogens (tertiary/aromatic N) is 3. The zero-order valence-corrected chi connectivity index (χ0v) is 21.8. The molecule has 3 rings (SSSR count). The Labute approximate surface area is 204 Å². The van der Waals surface area contributed by atoms with Crippen LogP contribution in [0.1, 0.15) is 62.6 Å². The molecule has 2 atom stereocenters. The lowest BCUT2D eigenvalue weighted by Crippen LogP contribution is -2.39. The Balaban J connectivity index is 0.00000341. The van der Waals surface area contributed by atoms with Gasteiger partial charge in [0.05, 0.1) is 12.2 Å². The maximum atomic E-state index is 5.40. The molecule has 0 saturated carbocycles. The standard InChI is InChI=1S/C24H37N5O.HI/c1-17(2)23-11-22(30-28-23)13-27-24(25-5)26-12-20-8-6-7-9-21(20)16-29-14-18(3)10-19(4)15-29;/h6-9,11,17-19H,10,12-16H2,1-5H3,(H2,25,26,27);1H. The lowest BCUT2D eigenvalue weighted by Gasteiger charge is -2.35. The second kappa shape index (κ2) is 12.4. The molecule has 0 amide bonds. The first-order chi connectivity index (χ1) is 14.4. The zero-order chi connectivity index (χ0) is 21.5. The summed E-state index contributed by atoms with van der Waals surface area (Å²) >= 11 is 0. The fourth-order valence-electron chi connectivity index (χ4n) is 4.30. The molecule has 6 nitrogen and oxygen atoms in total. The maximum absolute atomic E-state index is 5.40. The van der Waals surface area contributed by atoms with Gasteiger partial charge in [0.1, 0.15) is 0 Å². The van der Waals surface area contributed by atoms with Crippen molar-refractivity contribution in [1.29, 1.82) is 0 Å². The summed E-state index contributed by atoms with van der Waals surface area (Å²) in [5, 5.41) is 10.9. The highest BCUT2D eigenvalue weighted by Gasteiger charge is 2.22. The first-order valence-corrected chi connectivity index (χ1v) is 11.1. The molecule has 2 unspecified atom stereocenters. The van der Waals surface area contributed by atoms with E-state index in [1.165, 1.54) is 30.6 Å². The van der Waals surface area contributed by atoms with Gasteiger partial charge < -0.3 is 15.2 Å². The van der Waals surface area contributed by atoms with Gasteiger partial charge in [-0.1, -0.05) is 57.1 Å². The van der Waals surface area contributed by atoms with Crippen LogP contribution in [0.2, 0.25) is 0 Å². The Kier molecular flexibility index (Phi) is 10.3. The van der Waals surface area contributed by atoms with Gasteiger partial charge in [-0.2, -0.15) is 0 Å². The van der Waals surface area contributed by atoms with Gasteiger partial charge in [0.25, 0.3) is 0 Å². The summed E-state index contributed by atoms with van der Waals surface area (Å²) in [5.41, 5.74) is 3.68. The van der Waals surface area contributed by atoms with Crippen molar-refractivity contribution in [2.24, 2.45) is 16.8 Å². The van der Waals surface area contributed by atoms with Crippen LogP contribution in [0.25, 0.3) is 0 Å². The van der Waals surface area contributed by atoms with Gasteiger partial charge in [0.15, 0.2) is 11.7 Å². The van der Waals surface area contributed by atoms with Gasteiger partial charge in [0.2, 0.25) is 0 Å². The molecule has 1 aliphatic rings. The van der Waals surface area contributed by atoms with E-state index in [-0.39, 0.29) is 24.0 Å². The SMILES string of the molecule is CN=C(NCc1cc(C(C)C)no1)NCc1ccccc1CN1CC(C)CC(C)C1.I. The molecule has 0 radical (unpaired) electrons. The Hall–Kier alpha value is -1.61. The number of aliphatic imine (C=N–C) groups is 1. The number of halogens is 1. The molecule has 0 spiro atoms. The van der Waals surface area contributed by atoms with E-state index in [1.807, 2.05) is 6.07 Å². The Morgan fingerprint density at radius 1 is 1.13 bits per heavy atom. The molecular formula is C24H38IN5O. The van der Waals surface area contributed by atoms with Crippen molar-refractivity contribution >= 4 is 29.9 Å². The van der Waals surface area contributed by atoms with Crippen molar-refractivity contribution in [3.05, 3.63) is 52.9 Å². The number of piperidine rings is 1. The van der Waals surface area contributed by atoms with Crippen LogP contribution in [0.3, 0.4) is 0 Å². The summed E-state index contributed by atoms with van der Waals surface area (Å²) in [5.74, 6) is 3.48. The molecule has 172 valence electrons. The number of aromatic nitrogens is 1. The van der Waals surface area contributed by atoms with Crippen molar-refractivity contribution in [2.75, 3.05) is 20.1 Å². The number of guanidine groups is 1. The molecular weight excluding hydrogens is 501 g/mol. The van der Waals surface area contributed by atoms with E-state index >= 15 is 0 Å². The van der Waals surface area contributed by atoms with Crippen LogP contribution in [-0.4, -0.2) is 36.2 Å². The van der Waals surface area contributed by atoms with E-state index in [1.54, 1.807) is 7.05 Å². The highest BCUT2D eigenvalue weighted by atomic mass is 127. The predicted molar refractivity (Wildman–Crippen MR) is 138 cm³/mol. The molecule has 1 aliphatic heterocycles. The van der Waals surface area contributed by atoms with E-state index in [4.69, 9.17) is 4.52 Å². The molecule has 1 aromatic carbocycles. The van der Waals surface area contributed by atoms with Crippen LogP contribution in [0, 0.1) is 11.8 Å². The van der Waals surface area contributed by atoms with Gasteiger partial charge in [-0.25, -0.2) is 0 Å². The summed E-state index contributed by atoms with van der Waals surface area (Å²) in [6.07, 6.45) is 1.34. The largest absolute Gasteiger partial charge is 0.359 e. The van der Waals surface area contributed by atoms with Gasteiger partial charge in [-0.05, 0) is 35.3 Å². The third-order valence-electron chi connectivity index (χ3n) is 5.73. The van der Waals surface area contributed by atoms with E-state index in [9.17, 15) is 0 Å². The Morgan fingerprint density at radius 3 is 2.39 bits per heavy atom. The first kappa shape index (κ1) is 25.6. The van der Waals surface area contributed by atoms with Gasteiger partial charge >= 0.3 is 0 Å². The second-order valence-corrected chi connectivity index (χ2v) is 9.06. The average Bonchev–Trinajstić information content (AvgIpc) is 3.18. The van der Waals surface area contributed by atoms with E-state index in [0.29, 0.717) is 12.5 Å². The number of benzene rings is 1. The van der Waals surface area contributed by atoms with Gasteiger partial charge in [0, 0.05) is 39.3 Å². The molecule has 1 fully saturated rings. The summed E-state index contributed by atoms with van der Waals surface area (Å²) in [4.78, 5) is 6.95. The molecule has 0 bridgehead atoms. The molecule has 31 heavy (non-hydrogen) atoms. The van der Waals surface area contributed by atoms with Crippen molar-refractivity contribution in [2.45, 2.75) is 59.7 Å². The fraction of sp³-hybridized carbons (Fsp3) is 0.583. The maximum Gasteiger partial charge on any atom is 0.191 e. The normalized spacial score (nSPS) is 19.9. The van der Waals surface area contributed by atoms with Crippen LogP contribution in [-0.2, 0) is 19.6 Å². The lowest BCUT2D eigenvalue weighted by molar-refractivity contribution is 0.134.